The molecule has 1 aromatic rings. The fourth-order valence-corrected chi connectivity index (χ4v) is 3.68. The van der Waals surface area contributed by atoms with Crippen LogP contribution >= 0.6 is 15.9 Å². The molecule has 114 valence electrons. The van der Waals surface area contributed by atoms with E-state index in [0.717, 1.165) is 22.0 Å². The van der Waals surface area contributed by atoms with Crippen molar-refractivity contribution in [2.45, 2.75) is 38.5 Å². The molecule has 0 N–H and O–H groups in total. The van der Waals surface area contributed by atoms with Gasteiger partial charge in [-0.1, -0.05) is 54.1 Å². The summed E-state index contributed by atoms with van der Waals surface area (Å²) in [4.78, 5) is 0.578. The molecule has 4 heteroatoms. The van der Waals surface area contributed by atoms with Crippen LogP contribution in [0.4, 0.5) is 0 Å². The summed E-state index contributed by atoms with van der Waals surface area (Å²) in [7, 11) is -3.54. The highest BCUT2D eigenvalue weighted by atomic mass is 79.9. The summed E-state index contributed by atoms with van der Waals surface area (Å²) in [5.41, 5.74) is 1.95. The smallest absolute Gasteiger partial charge is 0.206 e. The Morgan fingerprint density at radius 1 is 1.19 bits per heavy atom. The van der Waals surface area contributed by atoms with E-state index in [1.54, 1.807) is 24.3 Å². The molecule has 0 bridgehead atoms. The van der Waals surface area contributed by atoms with Gasteiger partial charge in [0.1, 0.15) is 0 Å². The summed E-state index contributed by atoms with van der Waals surface area (Å²) in [6.45, 7) is 9.70. The maximum atomic E-state index is 12.8. The van der Waals surface area contributed by atoms with Gasteiger partial charge >= 0.3 is 0 Å². The van der Waals surface area contributed by atoms with Crippen LogP contribution in [-0.4, -0.2) is 8.42 Å². The average molecular weight is 369 g/mol. The summed E-state index contributed by atoms with van der Waals surface area (Å²) >= 11 is 3.31. The first-order chi connectivity index (χ1) is 9.86. The van der Waals surface area contributed by atoms with Crippen LogP contribution < -0.4 is 0 Å². The molecule has 0 spiro atoms. The Morgan fingerprint density at radius 3 is 2.19 bits per heavy atom. The monoisotopic (exact) mass is 368 g/mol. The van der Waals surface area contributed by atoms with Crippen molar-refractivity contribution < 1.29 is 8.42 Å². The first-order valence-corrected chi connectivity index (χ1v) is 9.17. The number of hydrogen-bond donors (Lipinski definition) is 0. The molecule has 0 aliphatic rings. The van der Waals surface area contributed by atoms with Crippen molar-refractivity contribution in [1.82, 2.24) is 0 Å². The van der Waals surface area contributed by atoms with Crippen LogP contribution in [0.3, 0.4) is 0 Å². The predicted molar refractivity (Wildman–Crippen MR) is 92.9 cm³/mol. The van der Waals surface area contributed by atoms with Gasteiger partial charge in [-0.25, -0.2) is 8.42 Å². The zero-order valence-electron chi connectivity index (χ0n) is 12.7. The van der Waals surface area contributed by atoms with Crippen LogP contribution in [0.5, 0.6) is 0 Å². The third-order valence-corrected chi connectivity index (χ3v) is 5.70. The molecule has 0 saturated heterocycles. The number of rotatable bonds is 6. The maximum absolute atomic E-state index is 12.8. The fraction of sp³-hybridized carbons (Fsp3) is 0.294. The second kappa shape index (κ2) is 7.76. The van der Waals surface area contributed by atoms with Crippen LogP contribution in [-0.2, 0) is 9.84 Å². The summed E-state index contributed by atoms with van der Waals surface area (Å²) in [6.07, 6.45) is 4.93. The van der Waals surface area contributed by atoms with Crippen LogP contribution in [0.2, 0.25) is 0 Å². The van der Waals surface area contributed by atoms with Gasteiger partial charge in [0.15, 0.2) is 0 Å². The first kappa shape index (κ1) is 17.9. The Balaban J connectivity index is 3.48. The normalized spacial score (nSPS) is 13.8. The second-order valence-corrected chi connectivity index (χ2v) is 7.58. The highest BCUT2D eigenvalue weighted by Crippen LogP contribution is 2.27. The van der Waals surface area contributed by atoms with Gasteiger partial charge < -0.3 is 0 Å². The third-order valence-electron chi connectivity index (χ3n) is 3.27. The predicted octanol–water partition coefficient (Wildman–Crippen LogP) is 5.43. The molecule has 0 unspecified atom stereocenters. The Morgan fingerprint density at radius 2 is 1.76 bits per heavy atom. The number of sulfone groups is 1. The summed E-state index contributed by atoms with van der Waals surface area (Å²) in [6, 6.07) is 6.66. The van der Waals surface area contributed by atoms with Crippen molar-refractivity contribution in [2.24, 2.45) is 0 Å². The van der Waals surface area contributed by atoms with Crippen molar-refractivity contribution in [2.75, 3.05) is 0 Å². The van der Waals surface area contributed by atoms with Crippen molar-refractivity contribution in [3.05, 3.63) is 63.5 Å². The van der Waals surface area contributed by atoms with Crippen LogP contribution in [0.15, 0.2) is 68.4 Å². The highest BCUT2D eigenvalue weighted by Gasteiger charge is 2.20. The van der Waals surface area contributed by atoms with Crippen molar-refractivity contribution in [1.29, 1.82) is 0 Å². The van der Waals surface area contributed by atoms with Gasteiger partial charge in [-0.3, -0.25) is 0 Å². The average Bonchev–Trinajstić information content (AvgIpc) is 2.46. The van der Waals surface area contributed by atoms with E-state index in [1.807, 2.05) is 19.9 Å². The van der Waals surface area contributed by atoms with E-state index in [4.69, 9.17) is 0 Å². The van der Waals surface area contributed by atoms with Gasteiger partial charge in [0.05, 0.1) is 9.80 Å². The zero-order chi connectivity index (χ0) is 16.0. The van der Waals surface area contributed by atoms with Gasteiger partial charge in [-0.2, -0.15) is 0 Å². The number of halogens is 1. The molecule has 0 aliphatic carbocycles. The summed E-state index contributed by atoms with van der Waals surface area (Å²) < 4.78 is 26.4. The van der Waals surface area contributed by atoms with Gasteiger partial charge in [0, 0.05) is 4.47 Å². The molecule has 0 heterocycles. The van der Waals surface area contributed by atoms with Gasteiger partial charge in [-0.15, -0.1) is 0 Å². The van der Waals surface area contributed by atoms with E-state index in [-0.39, 0.29) is 4.90 Å². The zero-order valence-corrected chi connectivity index (χ0v) is 15.1. The molecule has 1 aromatic carbocycles. The van der Waals surface area contributed by atoms with Gasteiger partial charge in [0.25, 0.3) is 0 Å². The van der Waals surface area contributed by atoms with E-state index in [9.17, 15) is 8.42 Å². The topological polar surface area (TPSA) is 34.1 Å². The molecule has 21 heavy (non-hydrogen) atoms. The minimum absolute atomic E-state index is 0.286. The second-order valence-electron chi connectivity index (χ2n) is 4.75. The molecule has 0 fully saturated rings. The highest BCUT2D eigenvalue weighted by molar-refractivity contribution is 9.10. The molecule has 0 atom stereocenters. The molecular formula is C17H21BrO2S. The summed E-state index contributed by atoms with van der Waals surface area (Å²) in [5.74, 6) is 0. The minimum atomic E-state index is -3.54. The van der Waals surface area contributed by atoms with E-state index in [1.165, 1.54) is 6.08 Å². The number of hydrogen-bond acceptors (Lipinski definition) is 2. The molecule has 0 aliphatic heterocycles. The van der Waals surface area contributed by atoms with Crippen LogP contribution in [0.25, 0.3) is 0 Å². The van der Waals surface area contributed by atoms with Gasteiger partial charge in [-0.05, 0) is 49.6 Å². The van der Waals surface area contributed by atoms with Crippen molar-refractivity contribution in [3.8, 4) is 0 Å². The van der Waals surface area contributed by atoms with E-state index in [0.29, 0.717) is 11.3 Å². The molecule has 0 aromatic heterocycles. The Hall–Kier alpha value is -1.13. The standard InChI is InChI=1S/C17H21BrO2S/c1-5-13(4)12-14(6-2)17(7-3)21(19,20)16-10-8-15(18)9-11-16/h7-12H,3,5-6H2,1-2,4H3/b13-12+,17-14+. The SMILES string of the molecule is C=C/C(=C(\C=C(/C)CC)CC)S(=O)(=O)c1ccc(Br)cc1. The van der Waals surface area contributed by atoms with E-state index < -0.39 is 9.84 Å². The molecule has 0 radical (unpaired) electrons. The molecule has 0 saturated carbocycles. The third kappa shape index (κ3) is 4.42. The largest absolute Gasteiger partial charge is 0.219 e. The Bertz CT molecular complexity index is 665. The van der Waals surface area contributed by atoms with Crippen molar-refractivity contribution in [3.63, 3.8) is 0 Å². The minimum Gasteiger partial charge on any atom is -0.219 e. The Labute approximate surface area is 136 Å². The van der Waals surface area contributed by atoms with Crippen LogP contribution in [0, 0.1) is 0 Å². The van der Waals surface area contributed by atoms with Crippen molar-refractivity contribution >= 4 is 25.8 Å². The lowest BCUT2D eigenvalue weighted by Gasteiger charge is -2.10. The maximum Gasteiger partial charge on any atom is 0.206 e. The van der Waals surface area contributed by atoms with E-state index in [2.05, 4.69) is 29.4 Å². The van der Waals surface area contributed by atoms with E-state index >= 15 is 0 Å². The Kier molecular flexibility index (Phi) is 6.62. The lowest BCUT2D eigenvalue weighted by molar-refractivity contribution is 0.602. The molecular weight excluding hydrogens is 348 g/mol. The quantitative estimate of drug-likeness (QED) is 0.627. The number of allylic oxidation sites excluding steroid dienone is 4. The number of benzene rings is 1. The first-order valence-electron chi connectivity index (χ1n) is 6.90. The van der Waals surface area contributed by atoms with Crippen LogP contribution in [0.1, 0.15) is 33.6 Å². The fourth-order valence-electron chi connectivity index (χ4n) is 1.90. The lowest BCUT2D eigenvalue weighted by atomic mass is 10.1. The molecule has 2 nitrogen and oxygen atoms in total. The molecule has 1 rings (SSSR count). The lowest BCUT2D eigenvalue weighted by Crippen LogP contribution is -2.05. The molecule has 0 amide bonds. The van der Waals surface area contributed by atoms with Gasteiger partial charge in [0.2, 0.25) is 9.84 Å². The summed E-state index contributed by atoms with van der Waals surface area (Å²) in [5, 5.41) is 0.